The number of benzene rings is 2. The molecule has 1 aliphatic heterocycles. The zero-order chi connectivity index (χ0) is 21.0. The Hall–Kier alpha value is -2.76. The van der Waals surface area contributed by atoms with Crippen LogP contribution in [-0.2, 0) is 14.8 Å². The number of carbonyl (C=O) groups excluding carboxylic acids is 1. The molecule has 6 nitrogen and oxygen atoms in total. The first-order chi connectivity index (χ1) is 13.8. The smallest absolute Gasteiger partial charge is 0.243 e. The fourth-order valence-corrected chi connectivity index (χ4v) is 4.92. The van der Waals surface area contributed by atoms with Crippen molar-refractivity contribution in [1.82, 2.24) is 9.62 Å². The minimum absolute atomic E-state index is 0.0194. The van der Waals surface area contributed by atoms with Gasteiger partial charge in [0.05, 0.1) is 28.5 Å². The van der Waals surface area contributed by atoms with Crippen LogP contribution in [-0.4, -0.2) is 31.7 Å². The number of sulfonamides is 1. The standard InChI is InChI=1S/C21H22FN3O3S/c1-15(17-6-4-16(13-23)5-7-17)24-21(26)18-3-2-12-25(14-18)29(27,28)20-10-8-19(22)9-11-20/h4-11,15,18H,2-3,12,14H2,1H3,(H,24,26). The number of nitriles is 1. The summed E-state index contributed by atoms with van der Waals surface area (Å²) in [6, 6.07) is 13.4. The molecule has 2 unspecified atom stereocenters. The maximum atomic E-state index is 13.1. The second-order valence-electron chi connectivity index (χ2n) is 7.12. The average molecular weight is 415 g/mol. The van der Waals surface area contributed by atoms with Gasteiger partial charge >= 0.3 is 0 Å². The lowest BCUT2D eigenvalue weighted by Crippen LogP contribution is -2.45. The molecule has 1 N–H and O–H groups in total. The van der Waals surface area contributed by atoms with Crippen molar-refractivity contribution in [2.45, 2.75) is 30.7 Å². The van der Waals surface area contributed by atoms with Gasteiger partial charge in [0.1, 0.15) is 5.82 Å². The fourth-order valence-electron chi connectivity index (χ4n) is 3.39. The van der Waals surface area contributed by atoms with E-state index in [9.17, 15) is 17.6 Å². The minimum Gasteiger partial charge on any atom is -0.349 e. The Morgan fingerprint density at radius 1 is 1.21 bits per heavy atom. The lowest BCUT2D eigenvalue weighted by atomic mass is 9.97. The number of piperidine rings is 1. The third-order valence-corrected chi connectivity index (χ3v) is 6.98. The summed E-state index contributed by atoms with van der Waals surface area (Å²) in [5.74, 6) is -1.17. The monoisotopic (exact) mass is 415 g/mol. The van der Waals surface area contributed by atoms with Crippen molar-refractivity contribution in [1.29, 1.82) is 5.26 Å². The number of hydrogen-bond acceptors (Lipinski definition) is 4. The number of carbonyl (C=O) groups is 1. The van der Waals surface area contributed by atoms with Crippen LogP contribution >= 0.6 is 0 Å². The van der Waals surface area contributed by atoms with Crippen LogP contribution in [0.1, 0.15) is 36.9 Å². The number of amides is 1. The van der Waals surface area contributed by atoms with Gasteiger partial charge in [-0.15, -0.1) is 0 Å². The van der Waals surface area contributed by atoms with E-state index in [-0.39, 0.29) is 23.4 Å². The normalized spacial score (nSPS) is 18.6. The van der Waals surface area contributed by atoms with Crippen LogP contribution in [0, 0.1) is 23.1 Å². The Bertz CT molecular complexity index is 1010. The Morgan fingerprint density at radius 3 is 2.48 bits per heavy atom. The minimum atomic E-state index is -3.78. The van der Waals surface area contributed by atoms with E-state index in [0.29, 0.717) is 24.9 Å². The Kier molecular flexibility index (Phi) is 6.30. The van der Waals surface area contributed by atoms with Crippen molar-refractivity contribution in [2.24, 2.45) is 5.92 Å². The lowest BCUT2D eigenvalue weighted by Gasteiger charge is -2.32. The summed E-state index contributed by atoms with van der Waals surface area (Å²) in [6.07, 6.45) is 1.17. The van der Waals surface area contributed by atoms with E-state index in [0.717, 1.165) is 17.7 Å². The summed E-state index contributed by atoms with van der Waals surface area (Å²) in [6.45, 7) is 2.26. The molecular weight excluding hydrogens is 393 g/mol. The predicted molar refractivity (Wildman–Crippen MR) is 106 cm³/mol. The van der Waals surface area contributed by atoms with Gasteiger partial charge in [-0.3, -0.25) is 4.79 Å². The molecule has 2 aromatic carbocycles. The largest absolute Gasteiger partial charge is 0.349 e. The predicted octanol–water partition coefficient (Wildman–Crippen LogP) is 2.98. The van der Waals surface area contributed by atoms with Crippen molar-refractivity contribution >= 4 is 15.9 Å². The summed E-state index contributed by atoms with van der Waals surface area (Å²) in [4.78, 5) is 12.7. The highest BCUT2D eigenvalue weighted by atomic mass is 32.2. The van der Waals surface area contributed by atoms with Gasteiger partial charge in [0.2, 0.25) is 15.9 Å². The SMILES string of the molecule is CC(NC(=O)C1CCCN(S(=O)(=O)c2ccc(F)cc2)C1)c1ccc(C#N)cc1. The summed E-state index contributed by atoms with van der Waals surface area (Å²) in [5.41, 5.74) is 1.41. The Labute approximate surface area is 170 Å². The molecule has 1 heterocycles. The van der Waals surface area contributed by atoms with Crippen LogP contribution < -0.4 is 5.32 Å². The fraction of sp³-hybridized carbons (Fsp3) is 0.333. The van der Waals surface area contributed by atoms with Gasteiger partial charge in [0.25, 0.3) is 0 Å². The van der Waals surface area contributed by atoms with E-state index in [1.807, 2.05) is 6.92 Å². The highest BCUT2D eigenvalue weighted by molar-refractivity contribution is 7.89. The molecule has 1 fully saturated rings. The average Bonchev–Trinajstić information content (AvgIpc) is 2.74. The van der Waals surface area contributed by atoms with Gasteiger partial charge in [-0.1, -0.05) is 12.1 Å². The topological polar surface area (TPSA) is 90.3 Å². The quantitative estimate of drug-likeness (QED) is 0.813. The third-order valence-electron chi connectivity index (χ3n) is 5.10. The van der Waals surface area contributed by atoms with E-state index in [2.05, 4.69) is 11.4 Å². The maximum absolute atomic E-state index is 13.1. The number of nitrogens with one attached hydrogen (secondary N) is 1. The molecule has 3 rings (SSSR count). The molecule has 0 radical (unpaired) electrons. The molecule has 29 heavy (non-hydrogen) atoms. The van der Waals surface area contributed by atoms with Crippen LogP contribution in [0.2, 0.25) is 0 Å². The highest BCUT2D eigenvalue weighted by Gasteiger charge is 2.33. The van der Waals surface area contributed by atoms with Gasteiger partial charge in [-0.05, 0) is 61.7 Å². The zero-order valence-electron chi connectivity index (χ0n) is 16.0. The summed E-state index contributed by atoms with van der Waals surface area (Å²) in [5, 5.41) is 11.8. The highest BCUT2D eigenvalue weighted by Crippen LogP contribution is 2.25. The van der Waals surface area contributed by atoms with Crippen LogP contribution in [0.5, 0.6) is 0 Å². The lowest BCUT2D eigenvalue weighted by molar-refractivity contribution is -0.126. The summed E-state index contributed by atoms with van der Waals surface area (Å²) < 4.78 is 40.0. The summed E-state index contributed by atoms with van der Waals surface area (Å²) in [7, 11) is -3.78. The molecule has 1 amide bonds. The molecule has 152 valence electrons. The van der Waals surface area contributed by atoms with Gasteiger partial charge in [-0.2, -0.15) is 9.57 Å². The molecule has 8 heteroatoms. The second-order valence-corrected chi connectivity index (χ2v) is 9.06. The molecule has 1 saturated heterocycles. The number of halogens is 1. The van der Waals surface area contributed by atoms with Gasteiger partial charge < -0.3 is 5.32 Å². The van der Waals surface area contributed by atoms with Crippen molar-refractivity contribution in [3.8, 4) is 6.07 Å². The number of nitrogens with zero attached hydrogens (tertiary/aromatic N) is 2. The molecule has 1 aliphatic rings. The van der Waals surface area contributed by atoms with E-state index in [1.165, 1.54) is 16.4 Å². The van der Waals surface area contributed by atoms with E-state index < -0.39 is 21.8 Å². The Balaban J connectivity index is 1.67. The van der Waals surface area contributed by atoms with Gasteiger partial charge in [0.15, 0.2) is 0 Å². The van der Waals surface area contributed by atoms with E-state index in [1.54, 1.807) is 24.3 Å². The van der Waals surface area contributed by atoms with Crippen LogP contribution in [0.3, 0.4) is 0 Å². The summed E-state index contributed by atoms with van der Waals surface area (Å²) >= 11 is 0. The van der Waals surface area contributed by atoms with Gasteiger partial charge in [0, 0.05) is 13.1 Å². The van der Waals surface area contributed by atoms with Crippen LogP contribution in [0.4, 0.5) is 4.39 Å². The van der Waals surface area contributed by atoms with Crippen LogP contribution in [0.25, 0.3) is 0 Å². The molecular formula is C21H22FN3O3S. The molecule has 2 aromatic rings. The number of rotatable bonds is 5. The van der Waals surface area contributed by atoms with E-state index in [4.69, 9.17) is 5.26 Å². The molecule has 2 atom stereocenters. The molecule has 0 aromatic heterocycles. The van der Waals surface area contributed by atoms with Crippen molar-refractivity contribution in [3.05, 3.63) is 65.5 Å². The first-order valence-corrected chi connectivity index (χ1v) is 10.8. The second kappa shape index (κ2) is 8.72. The molecule has 0 saturated carbocycles. The van der Waals surface area contributed by atoms with Crippen molar-refractivity contribution < 1.29 is 17.6 Å². The van der Waals surface area contributed by atoms with Crippen molar-refractivity contribution in [3.63, 3.8) is 0 Å². The first-order valence-electron chi connectivity index (χ1n) is 9.37. The Morgan fingerprint density at radius 2 is 1.86 bits per heavy atom. The van der Waals surface area contributed by atoms with Crippen LogP contribution in [0.15, 0.2) is 53.4 Å². The third kappa shape index (κ3) is 4.81. The zero-order valence-corrected chi connectivity index (χ0v) is 16.8. The molecule has 0 spiro atoms. The molecule has 0 bridgehead atoms. The first kappa shape index (κ1) is 21.0. The van der Waals surface area contributed by atoms with Gasteiger partial charge in [-0.25, -0.2) is 12.8 Å². The van der Waals surface area contributed by atoms with E-state index >= 15 is 0 Å². The van der Waals surface area contributed by atoms with Crippen molar-refractivity contribution in [2.75, 3.05) is 13.1 Å². The number of hydrogen-bond donors (Lipinski definition) is 1. The maximum Gasteiger partial charge on any atom is 0.243 e. The molecule has 0 aliphatic carbocycles.